The van der Waals surface area contributed by atoms with E-state index in [0.717, 1.165) is 10.4 Å². The van der Waals surface area contributed by atoms with Crippen LogP contribution in [0.1, 0.15) is 40.8 Å². The van der Waals surface area contributed by atoms with Gasteiger partial charge in [-0.2, -0.15) is 18.3 Å². The van der Waals surface area contributed by atoms with Crippen LogP contribution >= 0.6 is 11.3 Å². The number of sulfone groups is 1. The van der Waals surface area contributed by atoms with Crippen LogP contribution in [-0.2, 0) is 33.4 Å². The first-order valence-electron chi connectivity index (χ1n) is 12.5. The van der Waals surface area contributed by atoms with Gasteiger partial charge >= 0.3 is 6.18 Å². The highest BCUT2D eigenvalue weighted by atomic mass is 32.2. The quantitative estimate of drug-likeness (QED) is 0.299. The van der Waals surface area contributed by atoms with Crippen LogP contribution < -0.4 is 0 Å². The Labute approximate surface area is 228 Å². The minimum atomic E-state index is -4.35. The van der Waals surface area contributed by atoms with Crippen molar-refractivity contribution < 1.29 is 26.4 Å². The number of hydrogen-bond acceptors (Lipinski definition) is 6. The fourth-order valence-corrected chi connectivity index (χ4v) is 7.55. The van der Waals surface area contributed by atoms with E-state index in [1.54, 1.807) is 35.4 Å². The van der Waals surface area contributed by atoms with Crippen molar-refractivity contribution >= 4 is 37.9 Å². The molecule has 3 heterocycles. The summed E-state index contributed by atoms with van der Waals surface area (Å²) >= 11 is 1.43. The molecular weight excluding hydrogens is 549 g/mol. The molecule has 0 spiro atoms. The zero-order valence-electron chi connectivity index (χ0n) is 21.2. The topological polar surface area (TPSA) is 85.2 Å². The maximum Gasteiger partial charge on any atom is 0.394 e. The summed E-state index contributed by atoms with van der Waals surface area (Å²) in [5.74, 6) is -0.272. The fourth-order valence-electron chi connectivity index (χ4n) is 4.95. The second-order valence-electron chi connectivity index (χ2n) is 9.80. The predicted octanol–water partition coefficient (Wildman–Crippen LogP) is 5.29. The summed E-state index contributed by atoms with van der Waals surface area (Å²) in [6, 6.07) is 14.0. The molecule has 4 aromatic rings. The van der Waals surface area contributed by atoms with E-state index in [4.69, 9.17) is 0 Å². The smallest absolute Gasteiger partial charge is 0.341 e. The summed E-state index contributed by atoms with van der Waals surface area (Å²) in [6.07, 6.45) is -4.13. The van der Waals surface area contributed by atoms with E-state index in [9.17, 15) is 26.4 Å². The number of piperidine rings is 1. The summed E-state index contributed by atoms with van der Waals surface area (Å²) in [6.45, 7) is 2.50. The number of carbonyl (C=O) groups is 1. The zero-order chi connectivity index (χ0) is 27.8. The van der Waals surface area contributed by atoms with Gasteiger partial charge in [0.05, 0.1) is 33.5 Å². The monoisotopic (exact) mass is 576 g/mol. The standard InChI is InChI=1S/C27H27F3N4O3S2/c1-18-13-21(14-27(28,29)30)32-34(18)15-25(35)33-11-9-20(10-12-33)26-31-22(16-38-26)17-39(36,37)24-8-4-6-19-5-2-3-7-23(19)24/h2-8,13,16,20H,9-12,14-15,17H2,1H3. The number of amides is 1. The first-order valence-corrected chi connectivity index (χ1v) is 15.0. The lowest BCUT2D eigenvalue weighted by Gasteiger charge is -2.31. The van der Waals surface area contributed by atoms with E-state index in [-0.39, 0.29) is 29.8 Å². The summed E-state index contributed by atoms with van der Waals surface area (Å²) in [5.41, 5.74) is 0.907. The Kier molecular flexibility index (Phi) is 7.51. The molecule has 1 aliphatic heterocycles. The average molecular weight is 577 g/mol. The largest absolute Gasteiger partial charge is 0.394 e. The molecule has 12 heteroatoms. The highest BCUT2D eigenvalue weighted by Gasteiger charge is 2.30. The number of aryl methyl sites for hydroxylation is 1. The summed E-state index contributed by atoms with van der Waals surface area (Å²) in [7, 11) is -3.60. The third-order valence-corrected chi connectivity index (χ3v) is 9.65. The van der Waals surface area contributed by atoms with E-state index in [0.29, 0.717) is 47.6 Å². The molecule has 0 bridgehead atoms. The molecule has 1 aliphatic rings. The van der Waals surface area contributed by atoms with Crippen molar-refractivity contribution in [1.82, 2.24) is 19.7 Å². The van der Waals surface area contributed by atoms with Crippen molar-refractivity contribution in [3.05, 3.63) is 76.0 Å². The van der Waals surface area contributed by atoms with Crippen molar-refractivity contribution in [3.63, 3.8) is 0 Å². The lowest BCUT2D eigenvalue weighted by molar-refractivity contribution is -0.133. The molecule has 0 atom stereocenters. The summed E-state index contributed by atoms with van der Waals surface area (Å²) in [4.78, 5) is 19.4. The van der Waals surface area contributed by atoms with Crippen molar-refractivity contribution in [3.8, 4) is 0 Å². The van der Waals surface area contributed by atoms with Gasteiger partial charge in [-0.3, -0.25) is 9.48 Å². The third kappa shape index (κ3) is 6.33. The van der Waals surface area contributed by atoms with Gasteiger partial charge in [-0.15, -0.1) is 11.3 Å². The molecule has 0 radical (unpaired) electrons. The predicted molar refractivity (Wildman–Crippen MR) is 142 cm³/mol. The number of halogens is 3. The van der Waals surface area contributed by atoms with Crippen molar-refractivity contribution in [2.75, 3.05) is 13.1 Å². The Morgan fingerprint density at radius 1 is 1.08 bits per heavy atom. The van der Waals surface area contributed by atoms with Gasteiger partial charge in [-0.05, 0) is 37.3 Å². The van der Waals surface area contributed by atoms with Crippen LogP contribution in [0.3, 0.4) is 0 Å². The third-order valence-electron chi connectivity index (χ3n) is 6.89. The maximum atomic E-state index is 13.2. The lowest BCUT2D eigenvalue weighted by Crippen LogP contribution is -2.40. The Hall–Kier alpha value is -3.25. The van der Waals surface area contributed by atoms with Gasteiger partial charge < -0.3 is 4.90 Å². The number of likely N-dealkylation sites (tertiary alicyclic amines) is 1. The van der Waals surface area contributed by atoms with Gasteiger partial charge in [0.1, 0.15) is 6.54 Å². The van der Waals surface area contributed by atoms with E-state index in [2.05, 4.69) is 10.1 Å². The van der Waals surface area contributed by atoms with Crippen LogP contribution in [0.15, 0.2) is 58.8 Å². The Balaban J connectivity index is 1.19. The Morgan fingerprint density at radius 2 is 1.79 bits per heavy atom. The molecule has 0 unspecified atom stereocenters. The molecule has 1 fully saturated rings. The zero-order valence-corrected chi connectivity index (χ0v) is 22.8. The number of benzene rings is 2. The number of hydrogen-bond donors (Lipinski definition) is 0. The Bertz CT molecular complexity index is 1600. The molecule has 0 saturated carbocycles. The van der Waals surface area contributed by atoms with Crippen molar-refractivity contribution in [1.29, 1.82) is 0 Å². The number of nitrogens with zero attached hydrogens (tertiary/aromatic N) is 4. The van der Waals surface area contributed by atoms with Crippen LogP contribution in [0, 0.1) is 6.92 Å². The second kappa shape index (κ2) is 10.7. The molecule has 1 saturated heterocycles. The van der Waals surface area contributed by atoms with Crippen LogP contribution in [0.2, 0.25) is 0 Å². The Morgan fingerprint density at radius 3 is 2.54 bits per heavy atom. The summed E-state index contributed by atoms with van der Waals surface area (Å²) in [5, 5.41) is 8.15. The second-order valence-corrected chi connectivity index (χ2v) is 12.6. The number of carbonyl (C=O) groups excluding carboxylic acids is 1. The molecule has 0 aliphatic carbocycles. The van der Waals surface area contributed by atoms with E-state index < -0.39 is 22.4 Å². The normalized spacial score (nSPS) is 15.2. The fraction of sp³-hybridized carbons (Fsp3) is 0.370. The molecule has 2 aromatic heterocycles. The highest BCUT2D eigenvalue weighted by Crippen LogP contribution is 2.32. The molecule has 2 aromatic carbocycles. The number of aromatic nitrogens is 3. The first kappa shape index (κ1) is 27.3. The van der Waals surface area contributed by atoms with E-state index in [1.807, 2.05) is 24.3 Å². The van der Waals surface area contributed by atoms with Crippen LogP contribution in [0.5, 0.6) is 0 Å². The molecule has 39 heavy (non-hydrogen) atoms. The SMILES string of the molecule is Cc1cc(CC(F)(F)F)nn1CC(=O)N1CCC(c2nc(CS(=O)(=O)c3cccc4ccccc34)cs2)CC1. The number of rotatable bonds is 7. The molecule has 5 rings (SSSR count). The molecule has 206 valence electrons. The van der Waals surface area contributed by atoms with Crippen LogP contribution in [0.4, 0.5) is 13.2 Å². The first-order chi connectivity index (χ1) is 18.5. The van der Waals surface area contributed by atoms with Gasteiger partial charge in [0, 0.05) is 35.5 Å². The molecule has 7 nitrogen and oxygen atoms in total. The van der Waals surface area contributed by atoms with Gasteiger partial charge in [0.2, 0.25) is 5.91 Å². The van der Waals surface area contributed by atoms with Gasteiger partial charge in [0.25, 0.3) is 0 Å². The molecular formula is C27H27F3N4O3S2. The minimum Gasteiger partial charge on any atom is -0.341 e. The minimum absolute atomic E-state index is 0.103. The number of alkyl halides is 3. The van der Waals surface area contributed by atoms with Gasteiger partial charge in [-0.1, -0.05) is 36.4 Å². The van der Waals surface area contributed by atoms with Crippen LogP contribution in [-0.4, -0.2) is 53.3 Å². The van der Waals surface area contributed by atoms with Crippen molar-refractivity contribution in [2.45, 2.75) is 55.5 Å². The van der Waals surface area contributed by atoms with Crippen LogP contribution in [0.25, 0.3) is 10.8 Å². The van der Waals surface area contributed by atoms with E-state index >= 15 is 0 Å². The molecule has 1 amide bonds. The summed E-state index contributed by atoms with van der Waals surface area (Å²) < 4.78 is 65.8. The molecule has 0 N–H and O–H groups in total. The highest BCUT2D eigenvalue weighted by molar-refractivity contribution is 7.90. The van der Waals surface area contributed by atoms with Crippen molar-refractivity contribution in [2.24, 2.45) is 0 Å². The average Bonchev–Trinajstić information content (AvgIpc) is 3.48. The van der Waals surface area contributed by atoms with Gasteiger partial charge in [-0.25, -0.2) is 13.4 Å². The number of thiazole rings is 1. The maximum absolute atomic E-state index is 13.2. The van der Waals surface area contributed by atoms with E-state index in [1.165, 1.54) is 22.1 Å². The lowest BCUT2D eigenvalue weighted by atomic mass is 9.97. The number of fused-ring (bicyclic) bond motifs is 1. The van der Waals surface area contributed by atoms with Gasteiger partial charge in [0.15, 0.2) is 9.84 Å².